The van der Waals surface area contributed by atoms with E-state index in [2.05, 4.69) is 31.0 Å². The molecule has 0 fully saturated rings. The summed E-state index contributed by atoms with van der Waals surface area (Å²) in [5.41, 5.74) is 5.92. The summed E-state index contributed by atoms with van der Waals surface area (Å²) in [7, 11) is 3.27. The fourth-order valence-corrected chi connectivity index (χ4v) is 3.64. The van der Waals surface area contributed by atoms with Crippen LogP contribution >= 0.6 is 11.6 Å². The molecule has 0 bridgehead atoms. The molecule has 0 aliphatic heterocycles. The highest BCUT2D eigenvalue weighted by molar-refractivity contribution is 6.35. The van der Waals surface area contributed by atoms with Gasteiger partial charge in [-0.3, -0.25) is 0 Å². The van der Waals surface area contributed by atoms with Crippen LogP contribution in [0.5, 0.6) is 11.5 Å². The normalized spacial score (nSPS) is 11.3. The van der Waals surface area contributed by atoms with Crippen molar-refractivity contribution in [1.29, 1.82) is 0 Å². The molecule has 4 rings (SSSR count). The van der Waals surface area contributed by atoms with E-state index in [9.17, 15) is 0 Å². The Hall–Kier alpha value is -2.72. The van der Waals surface area contributed by atoms with Gasteiger partial charge in [-0.1, -0.05) is 23.7 Å². The molecule has 0 saturated heterocycles. The third kappa shape index (κ3) is 2.49. The van der Waals surface area contributed by atoms with Gasteiger partial charge in [0.05, 0.1) is 41.7 Å². The van der Waals surface area contributed by atoms with Crippen molar-refractivity contribution in [2.45, 2.75) is 13.8 Å². The number of fused-ring (bicyclic) bond motifs is 2. The zero-order chi connectivity index (χ0) is 18.4. The van der Waals surface area contributed by atoms with E-state index in [0.717, 1.165) is 44.3 Å². The number of nitrogens with zero attached hydrogens (tertiary/aromatic N) is 1. The molecule has 132 valence electrons. The smallest absolute Gasteiger partial charge is 0.162 e. The Bertz CT molecular complexity index is 1150. The molecular formula is C21H19ClN2O2. The van der Waals surface area contributed by atoms with Gasteiger partial charge in [0.1, 0.15) is 0 Å². The highest BCUT2D eigenvalue weighted by Gasteiger charge is 2.15. The standard InChI is InChI=1S/C21H19ClN2O2/c1-11-8-17(20-12(2)13-6-5-7-15(22)21(13)24-20)23-16-10-19(26-4)18(25-3)9-14(11)16/h5-10,24H,1-4H3. The van der Waals surface area contributed by atoms with Gasteiger partial charge in [-0.2, -0.15) is 0 Å². The average Bonchev–Trinajstić information content (AvgIpc) is 2.99. The number of aryl methyl sites for hydroxylation is 2. The molecular weight excluding hydrogens is 348 g/mol. The number of ether oxygens (including phenoxy) is 2. The lowest BCUT2D eigenvalue weighted by molar-refractivity contribution is 0.356. The number of aromatic amines is 1. The number of benzene rings is 2. The van der Waals surface area contributed by atoms with Crippen LogP contribution in [0.15, 0.2) is 36.4 Å². The monoisotopic (exact) mass is 366 g/mol. The minimum atomic E-state index is 0.667. The van der Waals surface area contributed by atoms with Crippen molar-refractivity contribution in [3.8, 4) is 22.9 Å². The Labute approximate surface area is 156 Å². The van der Waals surface area contributed by atoms with E-state index in [1.54, 1.807) is 14.2 Å². The summed E-state index contributed by atoms with van der Waals surface area (Å²) < 4.78 is 10.8. The second-order valence-corrected chi connectivity index (χ2v) is 6.74. The summed E-state index contributed by atoms with van der Waals surface area (Å²) in [6, 6.07) is 11.9. The molecule has 1 N–H and O–H groups in total. The Morgan fingerprint density at radius 3 is 2.38 bits per heavy atom. The molecule has 0 radical (unpaired) electrons. The van der Waals surface area contributed by atoms with Crippen LogP contribution in [0.3, 0.4) is 0 Å². The molecule has 26 heavy (non-hydrogen) atoms. The van der Waals surface area contributed by atoms with E-state index >= 15 is 0 Å². The quantitative estimate of drug-likeness (QED) is 0.508. The molecule has 4 aromatic rings. The van der Waals surface area contributed by atoms with Crippen molar-refractivity contribution in [2.24, 2.45) is 0 Å². The van der Waals surface area contributed by atoms with Crippen molar-refractivity contribution in [2.75, 3.05) is 14.2 Å². The second kappa shape index (κ2) is 6.22. The summed E-state index contributed by atoms with van der Waals surface area (Å²) in [5.74, 6) is 1.37. The van der Waals surface area contributed by atoms with E-state index in [0.29, 0.717) is 16.5 Å². The van der Waals surface area contributed by atoms with Gasteiger partial charge in [-0.25, -0.2) is 4.98 Å². The number of hydrogen-bond acceptors (Lipinski definition) is 3. The third-order valence-electron chi connectivity index (χ3n) is 4.82. The summed E-state index contributed by atoms with van der Waals surface area (Å²) >= 11 is 6.35. The first kappa shape index (κ1) is 16.7. The van der Waals surface area contributed by atoms with Crippen molar-refractivity contribution in [1.82, 2.24) is 9.97 Å². The van der Waals surface area contributed by atoms with E-state index in [-0.39, 0.29) is 0 Å². The number of nitrogens with one attached hydrogen (secondary N) is 1. The highest BCUT2D eigenvalue weighted by Crippen LogP contribution is 2.36. The molecule has 2 aromatic carbocycles. The first-order valence-corrected chi connectivity index (χ1v) is 8.71. The molecule has 0 saturated carbocycles. The molecule has 5 heteroatoms. The van der Waals surface area contributed by atoms with Crippen LogP contribution in [0.2, 0.25) is 5.02 Å². The van der Waals surface area contributed by atoms with Gasteiger partial charge in [-0.05, 0) is 43.2 Å². The Morgan fingerprint density at radius 1 is 0.962 bits per heavy atom. The molecule has 2 heterocycles. The molecule has 0 aliphatic carbocycles. The Kier molecular flexibility index (Phi) is 4.00. The summed E-state index contributed by atoms with van der Waals surface area (Å²) in [6.45, 7) is 4.16. The molecule has 0 unspecified atom stereocenters. The zero-order valence-corrected chi connectivity index (χ0v) is 15.9. The molecule has 2 aromatic heterocycles. The molecule has 0 aliphatic rings. The van der Waals surface area contributed by atoms with Crippen molar-refractivity contribution >= 4 is 33.4 Å². The fourth-order valence-electron chi connectivity index (χ4n) is 3.42. The van der Waals surface area contributed by atoms with Crippen LogP contribution < -0.4 is 9.47 Å². The maximum atomic E-state index is 6.35. The maximum Gasteiger partial charge on any atom is 0.162 e. The number of H-pyrrole nitrogens is 1. The van der Waals surface area contributed by atoms with E-state index in [1.807, 2.05) is 24.3 Å². The summed E-state index contributed by atoms with van der Waals surface area (Å²) in [5, 5.41) is 2.86. The second-order valence-electron chi connectivity index (χ2n) is 6.34. The number of aromatic nitrogens is 2. The third-order valence-corrected chi connectivity index (χ3v) is 5.13. The lowest BCUT2D eigenvalue weighted by Crippen LogP contribution is -1.94. The average molecular weight is 367 g/mol. The molecule has 0 atom stereocenters. The molecule has 4 nitrogen and oxygen atoms in total. The Balaban J connectivity index is 1.98. The van der Waals surface area contributed by atoms with Gasteiger partial charge in [-0.15, -0.1) is 0 Å². The van der Waals surface area contributed by atoms with Gasteiger partial charge in [0.2, 0.25) is 0 Å². The first-order chi connectivity index (χ1) is 12.5. The lowest BCUT2D eigenvalue weighted by Gasteiger charge is -2.11. The maximum absolute atomic E-state index is 6.35. The van der Waals surface area contributed by atoms with Crippen LogP contribution in [-0.2, 0) is 0 Å². The summed E-state index contributed by atoms with van der Waals surface area (Å²) in [4.78, 5) is 8.31. The summed E-state index contributed by atoms with van der Waals surface area (Å²) in [6.07, 6.45) is 0. The van der Waals surface area contributed by atoms with Crippen molar-refractivity contribution in [3.05, 3.63) is 52.5 Å². The Morgan fingerprint density at radius 2 is 1.69 bits per heavy atom. The van der Waals surface area contributed by atoms with Gasteiger partial charge < -0.3 is 14.5 Å². The zero-order valence-electron chi connectivity index (χ0n) is 15.1. The van der Waals surface area contributed by atoms with Crippen molar-refractivity contribution < 1.29 is 9.47 Å². The van der Waals surface area contributed by atoms with Crippen LogP contribution in [0.1, 0.15) is 11.1 Å². The number of pyridine rings is 1. The van der Waals surface area contributed by atoms with E-state index in [1.165, 1.54) is 0 Å². The van der Waals surface area contributed by atoms with Crippen LogP contribution in [-0.4, -0.2) is 24.2 Å². The van der Waals surface area contributed by atoms with Crippen molar-refractivity contribution in [3.63, 3.8) is 0 Å². The molecule has 0 amide bonds. The largest absolute Gasteiger partial charge is 0.493 e. The number of methoxy groups -OCH3 is 2. The topological polar surface area (TPSA) is 47.1 Å². The SMILES string of the molecule is COc1cc2nc(-c3[nH]c4c(Cl)cccc4c3C)cc(C)c2cc1OC. The minimum Gasteiger partial charge on any atom is -0.493 e. The van der Waals surface area contributed by atoms with Gasteiger partial charge in [0.25, 0.3) is 0 Å². The predicted octanol–water partition coefficient (Wildman–Crippen LogP) is 5.67. The van der Waals surface area contributed by atoms with E-state index < -0.39 is 0 Å². The predicted molar refractivity (Wildman–Crippen MR) is 107 cm³/mol. The first-order valence-electron chi connectivity index (χ1n) is 8.34. The number of para-hydroxylation sites is 1. The molecule has 0 spiro atoms. The van der Waals surface area contributed by atoms with E-state index in [4.69, 9.17) is 26.1 Å². The highest BCUT2D eigenvalue weighted by atomic mass is 35.5. The van der Waals surface area contributed by atoms with Gasteiger partial charge in [0.15, 0.2) is 11.5 Å². The van der Waals surface area contributed by atoms with Crippen LogP contribution in [0.4, 0.5) is 0 Å². The van der Waals surface area contributed by atoms with Gasteiger partial charge in [0, 0.05) is 16.8 Å². The number of hydrogen-bond donors (Lipinski definition) is 1. The number of halogens is 1. The van der Waals surface area contributed by atoms with Crippen LogP contribution in [0, 0.1) is 13.8 Å². The van der Waals surface area contributed by atoms with Crippen LogP contribution in [0.25, 0.3) is 33.2 Å². The number of rotatable bonds is 3. The minimum absolute atomic E-state index is 0.667. The fraction of sp³-hybridized carbons (Fsp3) is 0.190. The lowest BCUT2D eigenvalue weighted by atomic mass is 10.0. The van der Waals surface area contributed by atoms with Gasteiger partial charge >= 0.3 is 0 Å².